The van der Waals surface area contributed by atoms with Gasteiger partial charge in [0.05, 0.1) is 6.42 Å². The number of carbonyl (C=O) groups excluding carboxylic acids is 2. The van der Waals surface area contributed by atoms with Crippen LogP contribution in [0.4, 0.5) is 0 Å². The second kappa shape index (κ2) is 7.42. The number of hydrogen-bond acceptors (Lipinski definition) is 2. The van der Waals surface area contributed by atoms with Crippen molar-refractivity contribution in [1.29, 1.82) is 0 Å². The highest BCUT2D eigenvalue weighted by Crippen LogP contribution is 2.22. The Balaban J connectivity index is 3.79. The second-order valence-electron chi connectivity index (χ2n) is 5.28. The SMILES string of the molecule is CCCCCC(C)(C)CNC(=O)CC(C)=O. The van der Waals surface area contributed by atoms with Crippen LogP contribution in [0.1, 0.15) is 59.8 Å². The van der Waals surface area contributed by atoms with Crippen molar-refractivity contribution in [2.45, 2.75) is 59.8 Å². The van der Waals surface area contributed by atoms with Crippen LogP contribution in [-0.4, -0.2) is 18.2 Å². The summed E-state index contributed by atoms with van der Waals surface area (Å²) in [7, 11) is 0. The molecule has 0 aliphatic carbocycles. The third kappa shape index (κ3) is 8.45. The van der Waals surface area contributed by atoms with E-state index in [9.17, 15) is 9.59 Å². The molecule has 0 saturated carbocycles. The monoisotopic (exact) mass is 227 g/mol. The average Bonchev–Trinajstić information content (AvgIpc) is 2.14. The molecular weight excluding hydrogens is 202 g/mol. The summed E-state index contributed by atoms with van der Waals surface area (Å²) >= 11 is 0. The fraction of sp³-hybridized carbons (Fsp3) is 0.846. The Bertz CT molecular complexity index is 234. The van der Waals surface area contributed by atoms with Gasteiger partial charge < -0.3 is 5.32 Å². The topological polar surface area (TPSA) is 46.2 Å². The van der Waals surface area contributed by atoms with E-state index in [0.29, 0.717) is 6.54 Å². The van der Waals surface area contributed by atoms with Crippen molar-refractivity contribution in [3.8, 4) is 0 Å². The van der Waals surface area contributed by atoms with E-state index < -0.39 is 0 Å². The molecule has 94 valence electrons. The molecule has 0 aliphatic rings. The van der Waals surface area contributed by atoms with E-state index in [0.717, 1.165) is 6.42 Å². The molecule has 1 amide bonds. The van der Waals surface area contributed by atoms with Gasteiger partial charge in [0.2, 0.25) is 5.91 Å². The van der Waals surface area contributed by atoms with Crippen molar-refractivity contribution < 1.29 is 9.59 Å². The molecule has 0 bridgehead atoms. The first-order valence-electron chi connectivity index (χ1n) is 6.13. The average molecular weight is 227 g/mol. The number of amides is 1. The Morgan fingerprint density at radius 2 is 1.81 bits per heavy atom. The minimum atomic E-state index is -0.156. The number of rotatable bonds is 8. The van der Waals surface area contributed by atoms with Crippen LogP contribution >= 0.6 is 0 Å². The maximum Gasteiger partial charge on any atom is 0.227 e. The van der Waals surface area contributed by atoms with Gasteiger partial charge in [-0.1, -0.05) is 40.0 Å². The quantitative estimate of drug-likeness (QED) is 0.512. The lowest BCUT2D eigenvalue weighted by Gasteiger charge is -2.24. The van der Waals surface area contributed by atoms with Crippen molar-refractivity contribution in [2.24, 2.45) is 5.41 Å². The predicted octanol–water partition coefficient (Wildman–Crippen LogP) is 2.69. The third-order valence-electron chi connectivity index (χ3n) is 2.63. The lowest BCUT2D eigenvalue weighted by atomic mass is 9.87. The number of unbranched alkanes of at least 4 members (excludes halogenated alkanes) is 2. The van der Waals surface area contributed by atoms with Crippen LogP contribution < -0.4 is 5.32 Å². The van der Waals surface area contributed by atoms with Crippen LogP contribution in [0.25, 0.3) is 0 Å². The number of ketones is 1. The molecule has 0 rings (SSSR count). The molecule has 0 aromatic heterocycles. The van der Waals surface area contributed by atoms with Gasteiger partial charge in [0, 0.05) is 6.54 Å². The molecule has 0 aliphatic heterocycles. The summed E-state index contributed by atoms with van der Waals surface area (Å²) in [5.74, 6) is -0.239. The van der Waals surface area contributed by atoms with Gasteiger partial charge in [-0.05, 0) is 18.8 Å². The zero-order valence-electron chi connectivity index (χ0n) is 11.1. The molecule has 0 radical (unpaired) electrons. The molecule has 3 heteroatoms. The van der Waals surface area contributed by atoms with Gasteiger partial charge >= 0.3 is 0 Å². The molecule has 0 heterocycles. The predicted molar refractivity (Wildman–Crippen MR) is 66.2 cm³/mol. The van der Waals surface area contributed by atoms with Gasteiger partial charge in [-0.2, -0.15) is 0 Å². The van der Waals surface area contributed by atoms with E-state index in [-0.39, 0.29) is 23.5 Å². The zero-order chi connectivity index (χ0) is 12.6. The fourth-order valence-corrected chi connectivity index (χ4v) is 1.57. The van der Waals surface area contributed by atoms with Crippen LogP contribution in [0.3, 0.4) is 0 Å². The highest BCUT2D eigenvalue weighted by Gasteiger charge is 2.18. The minimum absolute atomic E-state index is 0.00500. The summed E-state index contributed by atoms with van der Waals surface area (Å²) in [4.78, 5) is 22.0. The Morgan fingerprint density at radius 1 is 1.19 bits per heavy atom. The molecule has 0 spiro atoms. The molecule has 0 aromatic carbocycles. The van der Waals surface area contributed by atoms with Crippen LogP contribution in [0.5, 0.6) is 0 Å². The Labute approximate surface area is 99.0 Å². The molecule has 0 unspecified atom stereocenters. The highest BCUT2D eigenvalue weighted by atomic mass is 16.2. The van der Waals surface area contributed by atoms with Crippen molar-refractivity contribution in [2.75, 3.05) is 6.54 Å². The van der Waals surface area contributed by atoms with Crippen molar-refractivity contribution in [3.05, 3.63) is 0 Å². The van der Waals surface area contributed by atoms with Crippen LogP contribution in [0, 0.1) is 5.41 Å². The summed E-state index contributed by atoms with van der Waals surface area (Å²) in [6.07, 6.45) is 4.77. The fourth-order valence-electron chi connectivity index (χ4n) is 1.57. The lowest BCUT2D eigenvalue weighted by molar-refractivity contribution is -0.127. The number of nitrogens with one attached hydrogen (secondary N) is 1. The highest BCUT2D eigenvalue weighted by molar-refractivity contribution is 5.96. The number of carbonyl (C=O) groups is 2. The van der Waals surface area contributed by atoms with Crippen molar-refractivity contribution in [3.63, 3.8) is 0 Å². The number of hydrogen-bond donors (Lipinski definition) is 1. The minimum Gasteiger partial charge on any atom is -0.355 e. The van der Waals surface area contributed by atoms with Gasteiger partial charge in [-0.3, -0.25) is 9.59 Å². The molecule has 3 nitrogen and oxygen atoms in total. The Morgan fingerprint density at radius 3 is 2.31 bits per heavy atom. The second-order valence-corrected chi connectivity index (χ2v) is 5.28. The van der Waals surface area contributed by atoms with Gasteiger partial charge in [-0.25, -0.2) is 0 Å². The lowest BCUT2D eigenvalue weighted by Crippen LogP contribution is -2.34. The molecular formula is C13H25NO2. The van der Waals surface area contributed by atoms with E-state index >= 15 is 0 Å². The van der Waals surface area contributed by atoms with Gasteiger partial charge in [-0.15, -0.1) is 0 Å². The first-order chi connectivity index (χ1) is 7.37. The molecule has 1 N–H and O–H groups in total. The summed E-state index contributed by atoms with van der Waals surface area (Å²) in [6.45, 7) is 8.57. The van der Waals surface area contributed by atoms with Crippen LogP contribution in [0.2, 0.25) is 0 Å². The van der Waals surface area contributed by atoms with Crippen LogP contribution in [-0.2, 0) is 9.59 Å². The van der Waals surface area contributed by atoms with Crippen molar-refractivity contribution >= 4 is 11.7 Å². The van der Waals surface area contributed by atoms with Gasteiger partial charge in [0.15, 0.2) is 0 Å². The summed E-state index contributed by atoms with van der Waals surface area (Å²) in [5, 5.41) is 2.82. The van der Waals surface area contributed by atoms with Crippen molar-refractivity contribution in [1.82, 2.24) is 5.32 Å². The smallest absolute Gasteiger partial charge is 0.227 e. The van der Waals surface area contributed by atoms with Crippen LogP contribution in [0.15, 0.2) is 0 Å². The molecule has 0 fully saturated rings. The Hall–Kier alpha value is -0.860. The first-order valence-corrected chi connectivity index (χ1v) is 6.13. The zero-order valence-corrected chi connectivity index (χ0v) is 11.1. The standard InChI is InChI=1S/C13H25NO2/c1-5-6-7-8-13(3,4)10-14-12(16)9-11(2)15/h5-10H2,1-4H3,(H,14,16). The molecule has 16 heavy (non-hydrogen) atoms. The summed E-state index contributed by atoms with van der Waals surface area (Å²) in [6, 6.07) is 0. The maximum absolute atomic E-state index is 11.3. The number of Topliss-reactive ketones (excluding diaryl/α,β-unsaturated/α-hetero) is 1. The van der Waals surface area contributed by atoms with E-state index in [1.165, 1.54) is 26.2 Å². The maximum atomic E-state index is 11.3. The third-order valence-corrected chi connectivity index (χ3v) is 2.63. The molecule has 0 saturated heterocycles. The van der Waals surface area contributed by atoms with E-state index in [1.807, 2.05) is 0 Å². The Kier molecular flexibility index (Phi) is 7.02. The van der Waals surface area contributed by atoms with E-state index in [4.69, 9.17) is 0 Å². The van der Waals surface area contributed by atoms with Gasteiger partial charge in [0.25, 0.3) is 0 Å². The normalized spacial score (nSPS) is 11.2. The molecule has 0 aromatic rings. The molecule has 0 atom stereocenters. The first kappa shape index (κ1) is 15.1. The van der Waals surface area contributed by atoms with Gasteiger partial charge in [0.1, 0.15) is 5.78 Å². The summed E-state index contributed by atoms with van der Waals surface area (Å²) in [5.41, 5.74) is 0.127. The van der Waals surface area contributed by atoms with E-state index in [2.05, 4.69) is 26.1 Å². The summed E-state index contributed by atoms with van der Waals surface area (Å²) < 4.78 is 0. The largest absolute Gasteiger partial charge is 0.355 e. The van der Waals surface area contributed by atoms with E-state index in [1.54, 1.807) is 0 Å².